The van der Waals surface area contributed by atoms with Crippen LogP contribution in [0.25, 0.3) is 0 Å². The first-order valence-electron chi connectivity index (χ1n) is 10.4. The zero-order valence-electron chi connectivity index (χ0n) is 18.3. The molecule has 1 heterocycles. The summed E-state index contributed by atoms with van der Waals surface area (Å²) in [5.41, 5.74) is 3.92. The number of nitrogens with zero attached hydrogens (tertiary/aromatic N) is 2. The average molecular weight is 411 g/mol. The molecule has 2 aromatic carbocycles. The molecule has 0 spiro atoms. The first-order chi connectivity index (χ1) is 14.2. The lowest BCUT2D eigenvalue weighted by atomic mass is 9.93. The predicted octanol–water partition coefficient (Wildman–Crippen LogP) is 6.85. The van der Waals surface area contributed by atoms with E-state index in [4.69, 9.17) is 4.74 Å². The highest BCUT2D eigenvalue weighted by Crippen LogP contribution is 2.32. The molecule has 0 bridgehead atoms. The van der Waals surface area contributed by atoms with Crippen molar-refractivity contribution in [1.29, 1.82) is 0 Å². The molecular formula is C25H34N2OS. The van der Waals surface area contributed by atoms with E-state index in [2.05, 4.69) is 89.7 Å². The van der Waals surface area contributed by atoms with Gasteiger partial charge in [0.15, 0.2) is 0 Å². The molecule has 4 heteroatoms. The van der Waals surface area contributed by atoms with Gasteiger partial charge >= 0.3 is 0 Å². The quantitative estimate of drug-likeness (QED) is 0.359. The molecule has 0 saturated heterocycles. The third kappa shape index (κ3) is 6.41. The summed E-state index contributed by atoms with van der Waals surface area (Å²) < 4.78 is 9.77. The Balaban J connectivity index is 0.00000145. The van der Waals surface area contributed by atoms with E-state index in [0.717, 1.165) is 19.6 Å². The number of hydrogen-bond acceptors (Lipinski definition) is 3. The first-order valence-corrected chi connectivity index (χ1v) is 11.2. The Morgan fingerprint density at radius 3 is 2.28 bits per heavy atom. The van der Waals surface area contributed by atoms with Gasteiger partial charge in [-0.05, 0) is 60.3 Å². The molecule has 1 atom stereocenters. The van der Waals surface area contributed by atoms with Crippen LogP contribution in [0.3, 0.4) is 0 Å². The standard InChI is InChI=1S/C23H28N2OS.C2H6/c1-4-22(23-11-8-16-25(23)17-18-26-3)19-12-14-20(15-13-19)24(2)27-21-9-6-5-7-10-21;1-2/h5-16,22H,4,17-18H2,1-3H3;1-2H3. The molecule has 29 heavy (non-hydrogen) atoms. The molecule has 156 valence electrons. The highest BCUT2D eigenvalue weighted by Gasteiger charge is 2.16. The lowest BCUT2D eigenvalue weighted by Crippen LogP contribution is -2.11. The Morgan fingerprint density at radius 2 is 1.66 bits per heavy atom. The summed E-state index contributed by atoms with van der Waals surface area (Å²) in [6.07, 6.45) is 3.22. The SMILES string of the molecule is CC.CCC(c1ccc(N(C)Sc2ccccc2)cc1)c1cccn1CCOC. The van der Waals surface area contributed by atoms with Crippen LogP contribution in [0.2, 0.25) is 0 Å². The van der Waals surface area contributed by atoms with Crippen LogP contribution in [0.15, 0.2) is 77.8 Å². The van der Waals surface area contributed by atoms with Gasteiger partial charge in [-0.3, -0.25) is 0 Å². The molecule has 1 unspecified atom stereocenters. The summed E-state index contributed by atoms with van der Waals surface area (Å²) in [7, 11) is 3.86. The van der Waals surface area contributed by atoms with Crippen LogP contribution in [0.1, 0.15) is 44.4 Å². The molecule has 0 radical (unpaired) electrons. The van der Waals surface area contributed by atoms with Gasteiger partial charge in [0.2, 0.25) is 0 Å². The highest BCUT2D eigenvalue weighted by atomic mass is 32.2. The minimum Gasteiger partial charge on any atom is -0.383 e. The third-order valence-corrected chi connectivity index (χ3v) is 5.78. The van der Waals surface area contributed by atoms with Crippen LogP contribution >= 0.6 is 11.9 Å². The Labute approximate surface area is 180 Å². The van der Waals surface area contributed by atoms with E-state index in [1.54, 1.807) is 19.1 Å². The summed E-state index contributed by atoms with van der Waals surface area (Å²) in [5.74, 6) is 0.401. The smallest absolute Gasteiger partial charge is 0.0641 e. The normalized spacial score (nSPS) is 11.5. The van der Waals surface area contributed by atoms with E-state index in [9.17, 15) is 0 Å². The van der Waals surface area contributed by atoms with Crippen LogP contribution < -0.4 is 4.31 Å². The van der Waals surface area contributed by atoms with Gasteiger partial charge in [-0.2, -0.15) is 0 Å². The first kappa shape index (κ1) is 23.1. The average Bonchev–Trinajstić information content (AvgIpc) is 3.23. The van der Waals surface area contributed by atoms with Crippen molar-refractivity contribution in [2.75, 3.05) is 25.1 Å². The Kier molecular flexibility index (Phi) is 9.89. The maximum absolute atomic E-state index is 5.25. The topological polar surface area (TPSA) is 17.4 Å². The maximum Gasteiger partial charge on any atom is 0.0641 e. The van der Waals surface area contributed by atoms with Gasteiger partial charge in [0.05, 0.1) is 6.61 Å². The van der Waals surface area contributed by atoms with E-state index in [-0.39, 0.29) is 0 Å². The maximum atomic E-state index is 5.25. The molecule has 0 saturated carbocycles. The van der Waals surface area contributed by atoms with Gasteiger partial charge in [0.1, 0.15) is 0 Å². The van der Waals surface area contributed by atoms with Crippen molar-refractivity contribution >= 4 is 17.6 Å². The minimum atomic E-state index is 0.401. The second-order valence-electron chi connectivity index (χ2n) is 6.57. The van der Waals surface area contributed by atoms with Crippen molar-refractivity contribution in [1.82, 2.24) is 4.57 Å². The van der Waals surface area contributed by atoms with Gasteiger partial charge < -0.3 is 13.6 Å². The lowest BCUT2D eigenvalue weighted by molar-refractivity contribution is 0.186. The van der Waals surface area contributed by atoms with Gasteiger partial charge in [0.25, 0.3) is 0 Å². The fraction of sp³-hybridized carbons (Fsp3) is 0.360. The number of benzene rings is 2. The summed E-state index contributed by atoms with van der Waals surface area (Å²) in [6.45, 7) is 7.88. The molecule has 0 fully saturated rings. The second-order valence-corrected chi connectivity index (χ2v) is 7.78. The lowest BCUT2D eigenvalue weighted by Gasteiger charge is -2.21. The molecule has 1 aromatic heterocycles. The summed E-state index contributed by atoms with van der Waals surface area (Å²) >= 11 is 1.74. The van der Waals surface area contributed by atoms with E-state index in [0.29, 0.717) is 5.92 Å². The van der Waals surface area contributed by atoms with Crippen molar-refractivity contribution in [2.24, 2.45) is 0 Å². The highest BCUT2D eigenvalue weighted by molar-refractivity contribution is 8.00. The van der Waals surface area contributed by atoms with Crippen molar-refractivity contribution < 1.29 is 4.74 Å². The Bertz CT molecular complexity index is 814. The van der Waals surface area contributed by atoms with Crippen molar-refractivity contribution in [3.8, 4) is 0 Å². The predicted molar refractivity (Wildman–Crippen MR) is 127 cm³/mol. The van der Waals surface area contributed by atoms with Crippen molar-refractivity contribution in [3.63, 3.8) is 0 Å². The molecule has 0 aliphatic heterocycles. The van der Waals surface area contributed by atoms with Crippen LogP contribution in [-0.4, -0.2) is 25.3 Å². The Morgan fingerprint density at radius 1 is 0.966 bits per heavy atom. The minimum absolute atomic E-state index is 0.401. The molecule has 0 N–H and O–H groups in total. The number of aromatic nitrogens is 1. The van der Waals surface area contributed by atoms with Crippen LogP contribution in [0.5, 0.6) is 0 Å². The number of anilines is 1. The van der Waals surface area contributed by atoms with Crippen LogP contribution in [-0.2, 0) is 11.3 Å². The van der Waals surface area contributed by atoms with Gasteiger partial charge in [-0.25, -0.2) is 0 Å². The fourth-order valence-corrected chi connectivity index (χ4v) is 4.18. The summed E-state index contributed by atoms with van der Waals surface area (Å²) in [4.78, 5) is 1.24. The van der Waals surface area contributed by atoms with E-state index >= 15 is 0 Å². The summed E-state index contributed by atoms with van der Waals surface area (Å²) in [5, 5.41) is 0. The molecule has 0 amide bonds. The number of methoxy groups -OCH3 is 1. The van der Waals surface area contributed by atoms with Gasteiger partial charge in [0, 0.05) is 49.1 Å². The summed E-state index contributed by atoms with van der Waals surface area (Å²) in [6, 6.07) is 23.8. The van der Waals surface area contributed by atoms with Crippen molar-refractivity contribution in [2.45, 2.75) is 44.6 Å². The van der Waals surface area contributed by atoms with Crippen LogP contribution in [0.4, 0.5) is 5.69 Å². The van der Waals surface area contributed by atoms with E-state index in [1.165, 1.54) is 21.8 Å². The number of hydrogen-bond donors (Lipinski definition) is 0. The fourth-order valence-electron chi connectivity index (χ4n) is 3.36. The Hall–Kier alpha value is -2.17. The molecule has 0 aliphatic rings. The second kappa shape index (κ2) is 12.4. The van der Waals surface area contributed by atoms with E-state index in [1.807, 2.05) is 19.9 Å². The van der Waals surface area contributed by atoms with Crippen LogP contribution in [0, 0.1) is 0 Å². The van der Waals surface area contributed by atoms with Crippen molar-refractivity contribution in [3.05, 3.63) is 84.2 Å². The largest absolute Gasteiger partial charge is 0.383 e. The zero-order valence-corrected chi connectivity index (χ0v) is 19.2. The third-order valence-electron chi connectivity index (χ3n) is 4.81. The molecule has 0 aliphatic carbocycles. The number of ether oxygens (including phenoxy) is 1. The number of rotatable bonds is 9. The monoisotopic (exact) mass is 410 g/mol. The van der Waals surface area contributed by atoms with E-state index < -0.39 is 0 Å². The zero-order chi connectivity index (χ0) is 21.1. The van der Waals surface area contributed by atoms with Gasteiger partial charge in [-0.15, -0.1) is 0 Å². The molecule has 3 rings (SSSR count). The molecular weight excluding hydrogens is 376 g/mol. The van der Waals surface area contributed by atoms with Gasteiger partial charge in [-0.1, -0.05) is 51.1 Å². The molecule has 3 nitrogen and oxygen atoms in total. The molecule has 3 aromatic rings.